The lowest BCUT2D eigenvalue weighted by molar-refractivity contribution is 0.244. The number of aryl methyl sites for hydroxylation is 1. The fourth-order valence-electron chi connectivity index (χ4n) is 2.07. The van der Waals surface area contributed by atoms with Crippen molar-refractivity contribution in [3.05, 3.63) is 53.6 Å². The smallest absolute Gasteiger partial charge is 0.144 e. The Morgan fingerprint density at radius 2 is 1.90 bits per heavy atom. The fourth-order valence-corrected chi connectivity index (χ4v) is 2.07. The molecular weight excluding hydrogens is 248 g/mol. The Kier molecular flexibility index (Phi) is 4.51. The molecule has 0 amide bonds. The lowest BCUT2D eigenvalue weighted by atomic mass is 10.1. The van der Waals surface area contributed by atoms with Crippen LogP contribution in [-0.2, 0) is 6.54 Å². The summed E-state index contributed by atoms with van der Waals surface area (Å²) in [7, 11) is 0. The van der Waals surface area contributed by atoms with Crippen molar-refractivity contribution < 1.29 is 4.74 Å². The summed E-state index contributed by atoms with van der Waals surface area (Å²) in [5, 5.41) is 3.37. The molecular formula is C17H22N2O. The quantitative estimate of drug-likeness (QED) is 0.808. The van der Waals surface area contributed by atoms with Crippen LogP contribution in [0.1, 0.15) is 25.0 Å². The van der Waals surface area contributed by atoms with Crippen molar-refractivity contribution in [3.8, 4) is 5.75 Å². The summed E-state index contributed by atoms with van der Waals surface area (Å²) >= 11 is 0. The van der Waals surface area contributed by atoms with E-state index in [1.54, 1.807) is 0 Å². The Morgan fingerprint density at radius 1 is 1.15 bits per heavy atom. The van der Waals surface area contributed by atoms with Gasteiger partial charge in [0.15, 0.2) is 0 Å². The Morgan fingerprint density at radius 3 is 2.60 bits per heavy atom. The molecule has 0 saturated heterocycles. The second-order valence-corrected chi connectivity index (χ2v) is 5.23. The molecule has 2 rings (SSSR count). The highest BCUT2D eigenvalue weighted by Gasteiger charge is 2.07. The van der Waals surface area contributed by atoms with Gasteiger partial charge in [0.05, 0.1) is 17.5 Å². The lowest BCUT2D eigenvalue weighted by Crippen LogP contribution is -2.09. The number of hydrogen-bond donors (Lipinski definition) is 2. The van der Waals surface area contributed by atoms with Crippen molar-refractivity contribution in [2.24, 2.45) is 0 Å². The van der Waals surface area contributed by atoms with E-state index in [2.05, 4.69) is 36.5 Å². The first-order chi connectivity index (χ1) is 9.56. The van der Waals surface area contributed by atoms with Crippen molar-refractivity contribution in [1.29, 1.82) is 0 Å². The van der Waals surface area contributed by atoms with Crippen LogP contribution in [0.15, 0.2) is 42.5 Å². The summed E-state index contributed by atoms with van der Waals surface area (Å²) in [6.07, 6.45) is 0.115. The highest BCUT2D eigenvalue weighted by molar-refractivity contribution is 5.73. The van der Waals surface area contributed by atoms with Crippen molar-refractivity contribution >= 4 is 11.4 Å². The van der Waals surface area contributed by atoms with Crippen molar-refractivity contribution in [3.63, 3.8) is 0 Å². The second-order valence-electron chi connectivity index (χ2n) is 5.23. The van der Waals surface area contributed by atoms with Gasteiger partial charge < -0.3 is 15.8 Å². The average molecular weight is 270 g/mol. The zero-order valence-electron chi connectivity index (χ0n) is 12.3. The van der Waals surface area contributed by atoms with E-state index in [9.17, 15) is 0 Å². The Labute approximate surface area is 120 Å². The molecule has 3 N–H and O–H groups in total. The minimum Gasteiger partial charge on any atom is -0.489 e. The number of hydrogen-bond acceptors (Lipinski definition) is 3. The summed E-state index contributed by atoms with van der Waals surface area (Å²) in [6, 6.07) is 14.2. The maximum absolute atomic E-state index is 6.14. The van der Waals surface area contributed by atoms with E-state index < -0.39 is 0 Å². The third kappa shape index (κ3) is 3.67. The molecule has 3 nitrogen and oxygen atoms in total. The van der Waals surface area contributed by atoms with Gasteiger partial charge >= 0.3 is 0 Å². The minimum absolute atomic E-state index is 0.115. The van der Waals surface area contributed by atoms with Gasteiger partial charge in [-0.15, -0.1) is 0 Å². The number of rotatable bonds is 5. The molecule has 0 aliphatic carbocycles. The highest BCUT2D eigenvalue weighted by atomic mass is 16.5. The second kappa shape index (κ2) is 6.33. The monoisotopic (exact) mass is 270 g/mol. The topological polar surface area (TPSA) is 47.3 Å². The number of anilines is 2. The first-order valence-electron chi connectivity index (χ1n) is 6.91. The van der Waals surface area contributed by atoms with E-state index in [4.69, 9.17) is 10.5 Å². The first-order valence-corrected chi connectivity index (χ1v) is 6.91. The molecule has 0 fully saturated rings. The molecule has 0 unspecified atom stereocenters. The molecule has 0 heterocycles. The fraction of sp³-hybridized carbons (Fsp3) is 0.294. The van der Waals surface area contributed by atoms with Crippen molar-refractivity contribution in [1.82, 2.24) is 0 Å². The van der Waals surface area contributed by atoms with Gasteiger partial charge in [0.2, 0.25) is 0 Å². The molecule has 0 atom stereocenters. The van der Waals surface area contributed by atoms with Gasteiger partial charge in [-0.05, 0) is 38.5 Å². The van der Waals surface area contributed by atoms with E-state index >= 15 is 0 Å². The zero-order chi connectivity index (χ0) is 14.5. The SMILES string of the molecule is Cc1cccc(CNc2cccc(OC(C)C)c2N)c1. The Hall–Kier alpha value is -2.16. The van der Waals surface area contributed by atoms with Crippen LogP contribution in [0, 0.1) is 6.92 Å². The number of para-hydroxylation sites is 1. The van der Waals surface area contributed by atoms with Crippen LogP contribution in [0.3, 0.4) is 0 Å². The molecule has 0 saturated carbocycles. The lowest BCUT2D eigenvalue weighted by Gasteiger charge is -2.16. The van der Waals surface area contributed by atoms with Crippen molar-refractivity contribution in [2.45, 2.75) is 33.4 Å². The summed E-state index contributed by atoms with van der Waals surface area (Å²) in [4.78, 5) is 0. The van der Waals surface area contributed by atoms with Gasteiger partial charge in [-0.1, -0.05) is 35.9 Å². The first kappa shape index (κ1) is 14.3. The molecule has 0 spiro atoms. The van der Waals surface area contributed by atoms with Gasteiger partial charge in [0.25, 0.3) is 0 Å². The predicted octanol–water partition coefficient (Wildman–Crippen LogP) is 3.98. The van der Waals surface area contributed by atoms with Crippen LogP contribution in [0.4, 0.5) is 11.4 Å². The van der Waals surface area contributed by atoms with Gasteiger partial charge in [0.1, 0.15) is 5.75 Å². The molecule has 3 heteroatoms. The number of ether oxygens (including phenoxy) is 1. The standard InChI is InChI=1S/C17H22N2O/c1-12(2)20-16-9-5-8-15(17(16)18)19-11-14-7-4-6-13(3)10-14/h4-10,12,19H,11,18H2,1-3H3. The predicted molar refractivity (Wildman–Crippen MR) is 85.1 cm³/mol. The largest absolute Gasteiger partial charge is 0.489 e. The third-order valence-electron chi connectivity index (χ3n) is 2.99. The summed E-state index contributed by atoms with van der Waals surface area (Å²) in [6.45, 7) is 6.82. The summed E-state index contributed by atoms with van der Waals surface area (Å²) < 4.78 is 5.69. The number of nitrogens with one attached hydrogen (secondary N) is 1. The Bertz CT molecular complexity index is 579. The molecule has 106 valence electrons. The number of nitrogen functional groups attached to an aromatic ring is 1. The van der Waals surface area contributed by atoms with Crippen LogP contribution in [-0.4, -0.2) is 6.10 Å². The van der Waals surface area contributed by atoms with Crippen LogP contribution in [0.2, 0.25) is 0 Å². The van der Waals surface area contributed by atoms with E-state index in [0.717, 1.165) is 18.0 Å². The molecule has 0 aromatic heterocycles. The van der Waals surface area contributed by atoms with E-state index in [-0.39, 0.29) is 6.10 Å². The zero-order valence-corrected chi connectivity index (χ0v) is 12.3. The minimum atomic E-state index is 0.115. The van der Waals surface area contributed by atoms with Crippen molar-refractivity contribution in [2.75, 3.05) is 11.1 Å². The van der Waals surface area contributed by atoms with Crippen LogP contribution in [0.25, 0.3) is 0 Å². The van der Waals surface area contributed by atoms with Crippen LogP contribution in [0.5, 0.6) is 5.75 Å². The average Bonchev–Trinajstić information content (AvgIpc) is 2.39. The molecule has 20 heavy (non-hydrogen) atoms. The molecule has 2 aromatic carbocycles. The Balaban J connectivity index is 2.10. The summed E-state index contributed by atoms with van der Waals surface area (Å²) in [5.74, 6) is 0.731. The van der Waals surface area contributed by atoms with E-state index in [1.165, 1.54) is 11.1 Å². The number of nitrogens with two attached hydrogens (primary N) is 1. The molecule has 2 aromatic rings. The van der Waals surface area contributed by atoms with Gasteiger partial charge in [0, 0.05) is 6.54 Å². The normalized spacial score (nSPS) is 10.6. The number of benzene rings is 2. The highest BCUT2D eigenvalue weighted by Crippen LogP contribution is 2.30. The molecule has 0 radical (unpaired) electrons. The molecule has 0 bridgehead atoms. The van der Waals surface area contributed by atoms with E-state index in [0.29, 0.717) is 5.69 Å². The van der Waals surface area contributed by atoms with Gasteiger partial charge in [-0.2, -0.15) is 0 Å². The van der Waals surface area contributed by atoms with Gasteiger partial charge in [-0.25, -0.2) is 0 Å². The van der Waals surface area contributed by atoms with Crippen LogP contribution < -0.4 is 15.8 Å². The maximum Gasteiger partial charge on any atom is 0.144 e. The third-order valence-corrected chi connectivity index (χ3v) is 2.99. The van der Waals surface area contributed by atoms with E-state index in [1.807, 2.05) is 32.0 Å². The van der Waals surface area contributed by atoms with Crippen LogP contribution >= 0.6 is 0 Å². The maximum atomic E-state index is 6.14. The molecule has 0 aliphatic rings. The summed E-state index contributed by atoms with van der Waals surface area (Å²) in [5.41, 5.74) is 10.2. The van der Waals surface area contributed by atoms with Gasteiger partial charge in [-0.3, -0.25) is 0 Å². The molecule has 0 aliphatic heterocycles.